The molecular weight excluding hydrogens is 240 g/mol. The molecule has 0 bridgehead atoms. The van der Waals surface area contributed by atoms with E-state index in [-0.39, 0.29) is 18.3 Å². The quantitative estimate of drug-likeness (QED) is 0.478. The van der Waals surface area contributed by atoms with E-state index < -0.39 is 11.7 Å². The zero-order valence-electron chi connectivity index (χ0n) is 9.57. The Labute approximate surface area is 103 Å². The van der Waals surface area contributed by atoms with E-state index in [0.717, 1.165) is 5.56 Å². The van der Waals surface area contributed by atoms with Crippen LogP contribution < -0.4 is 11.5 Å². The van der Waals surface area contributed by atoms with Crippen LogP contribution in [0.15, 0.2) is 53.7 Å². The van der Waals surface area contributed by atoms with Gasteiger partial charge < -0.3 is 16.2 Å². The topological polar surface area (TPSA) is 73.6 Å². The average Bonchev–Trinajstić information content (AvgIpc) is 2.37. The van der Waals surface area contributed by atoms with Crippen molar-refractivity contribution < 1.29 is 13.5 Å². The average molecular weight is 253 g/mol. The van der Waals surface area contributed by atoms with Gasteiger partial charge in [-0.25, -0.2) is 8.78 Å². The first-order valence-electron chi connectivity index (χ1n) is 5.01. The molecule has 1 rings (SSSR count). The third-order valence-corrected chi connectivity index (χ3v) is 1.95. The summed E-state index contributed by atoms with van der Waals surface area (Å²) in [4.78, 5) is 3.56. The van der Waals surface area contributed by atoms with Crippen molar-refractivity contribution in [2.24, 2.45) is 16.5 Å². The molecule has 1 aromatic carbocycles. The second-order valence-electron chi connectivity index (χ2n) is 3.32. The largest absolute Gasteiger partial charge is 0.473 e. The van der Waals surface area contributed by atoms with Gasteiger partial charge in [-0.2, -0.15) is 4.99 Å². The molecule has 0 aliphatic carbocycles. The molecule has 6 heteroatoms. The van der Waals surface area contributed by atoms with Crippen molar-refractivity contribution in [3.8, 4) is 0 Å². The van der Waals surface area contributed by atoms with Crippen LogP contribution in [0.25, 0.3) is 0 Å². The number of amidine groups is 1. The van der Waals surface area contributed by atoms with Crippen LogP contribution in [-0.2, 0) is 11.3 Å². The maximum absolute atomic E-state index is 12.8. The molecule has 0 atom stereocenters. The first-order valence-corrected chi connectivity index (χ1v) is 5.01. The van der Waals surface area contributed by atoms with Gasteiger partial charge in [0.25, 0.3) is 0 Å². The molecule has 0 spiro atoms. The van der Waals surface area contributed by atoms with E-state index in [1.54, 1.807) is 12.1 Å². The molecule has 0 fully saturated rings. The van der Waals surface area contributed by atoms with Crippen LogP contribution in [0, 0.1) is 5.82 Å². The molecule has 4 nitrogen and oxygen atoms in total. The lowest BCUT2D eigenvalue weighted by Gasteiger charge is -2.05. The van der Waals surface area contributed by atoms with Gasteiger partial charge in [-0.3, -0.25) is 0 Å². The van der Waals surface area contributed by atoms with Crippen LogP contribution in [0.2, 0.25) is 0 Å². The van der Waals surface area contributed by atoms with E-state index in [9.17, 15) is 8.78 Å². The number of hydrogen-bond acceptors (Lipinski definition) is 3. The summed E-state index contributed by atoms with van der Waals surface area (Å²) in [5.74, 6) is -1.67. The van der Waals surface area contributed by atoms with E-state index in [4.69, 9.17) is 16.2 Å². The highest BCUT2D eigenvalue weighted by Gasteiger charge is 2.02. The van der Waals surface area contributed by atoms with Gasteiger partial charge in [0.1, 0.15) is 12.4 Å². The normalized spacial score (nSPS) is 12.3. The molecule has 96 valence electrons. The van der Waals surface area contributed by atoms with Gasteiger partial charge in [0.2, 0.25) is 5.88 Å². The standard InChI is InChI=1S/C12H13F2N3O/c1-8(17-12(16)11(14)6-15)18-7-9-2-4-10(13)5-3-9/h2-6H,1,7,15H2,(H2,16,17)/b11-6+. The second kappa shape index (κ2) is 6.39. The summed E-state index contributed by atoms with van der Waals surface area (Å²) in [7, 11) is 0. The Bertz CT molecular complexity index is 481. The van der Waals surface area contributed by atoms with Crippen LogP contribution in [0.5, 0.6) is 0 Å². The number of rotatable bonds is 5. The Kier molecular flexibility index (Phi) is 4.86. The fraction of sp³-hybridized carbons (Fsp3) is 0.0833. The lowest BCUT2D eigenvalue weighted by Crippen LogP contribution is -2.14. The number of aliphatic imine (C=N–C) groups is 1. The zero-order chi connectivity index (χ0) is 13.5. The van der Waals surface area contributed by atoms with Crippen LogP contribution in [-0.4, -0.2) is 5.84 Å². The Morgan fingerprint density at radius 2 is 2.00 bits per heavy atom. The molecular formula is C12H13F2N3O. The molecule has 4 N–H and O–H groups in total. The Hall–Kier alpha value is -2.37. The van der Waals surface area contributed by atoms with Crippen molar-refractivity contribution in [2.75, 3.05) is 0 Å². The van der Waals surface area contributed by atoms with E-state index in [0.29, 0.717) is 6.20 Å². The van der Waals surface area contributed by atoms with Crippen molar-refractivity contribution in [1.29, 1.82) is 0 Å². The first-order chi connectivity index (χ1) is 8.52. The minimum absolute atomic E-state index is 0.0613. The number of nitrogens with zero attached hydrogens (tertiary/aromatic N) is 1. The molecule has 18 heavy (non-hydrogen) atoms. The SMILES string of the molecule is C=C(N=C(N)/C(F)=C\N)OCc1ccc(F)cc1. The van der Waals surface area contributed by atoms with Crippen LogP contribution >= 0.6 is 0 Å². The highest BCUT2D eigenvalue weighted by molar-refractivity contribution is 5.95. The molecule has 0 aromatic heterocycles. The van der Waals surface area contributed by atoms with Gasteiger partial charge in [0.05, 0.1) is 0 Å². The van der Waals surface area contributed by atoms with E-state index >= 15 is 0 Å². The molecule has 1 aromatic rings. The highest BCUT2D eigenvalue weighted by Crippen LogP contribution is 2.08. The smallest absolute Gasteiger partial charge is 0.208 e. The molecule has 0 aliphatic rings. The van der Waals surface area contributed by atoms with Gasteiger partial charge in [-0.05, 0) is 24.3 Å². The minimum Gasteiger partial charge on any atom is -0.473 e. The fourth-order valence-corrected chi connectivity index (χ4v) is 1.05. The second-order valence-corrected chi connectivity index (χ2v) is 3.32. The van der Waals surface area contributed by atoms with Crippen LogP contribution in [0.1, 0.15) is 5.56 Å². The third-order valence-electron chi connectivity index (χ3n) is 1.95. The number of hydrogen-bond donors (Lipinski definition) is 2. The van der Waals surface area contributed by atoms with Gasteiger partial charge >= 0.3 is 0 Å². The summed E-state index contributed by atoms with van der Waals surface area (Å²) in [6.45, 7) is 3.57. The van der Waals surface area contributed by atoms with Crippen molar-refractivity contribution in [2.45, 2.75) is 6.61 Å². The van der Waals surface area contributed by atoms with Gasteiger partial charge in [0.15, 0.2) is 11.7 Å². The highest BCUT2D eigenvalue weighted by atomic mass is 19.1. The molecule has 0 heterocycles. The Morgan fingerprint density at radius 3 is 2.56 bits per heavy atom. The molecule has 0 saturated carbocycles. The minimum atomic E-state index is -0.860. The number of benzene rings is 1. The van der Waals surface area contributed by atoms with Gasteiger partial charge in [-0.1, -0.05) is 12.1 Å². The van der Waals surface area contributed by atoms with E-state index in [1.165, 1.54) is 12.1 Å². The monoisotopic (exact) mass is 253 g/mol. The van der Waals surface area contributed by atoms with Crippen molar-refractivity contribution in [1.82, 2.24) is 0 Å². The summed E-state index contributed by atoms with van der Waals surface area (Å²) in [5.41, 5.74) is 10.9. The molecule has 0 saturated heterocycles. The van der Waals surface area contributed by atoms with Crippen molar-refractivity contribution in [3.63, 3.8) is 0 Å². The zero-order valence-corrected chi connectivity index (χ0v) is 9.57. The Morgan fingerprint density at radius 1 is 1.39 bits per heavy atom. The maximum atomic E-state index is 12.8. The summed E-state index contributed by atoms with van der Waals surface area (Å²) < 4.78 is 30.6. The summed E-state index contributed by atoms with van der Waals surface area (Å²) in [6, 6.07) is 5.71. The number of halogens is 2. The lowest BCUT2D eigenvalue weighted by atomic mass is 10.2. The summed E-state index contributed by atoms with van der Waals surface area (Å²) >= 11 is 0. The fourth-order valence-electron chi connectivity index (χ4n) is 1.05. The number of nitrogens with two attached hydrogens (primary N) is 2. The van der Waals surface area contributed by atoms with Crippen molar-refractivity contribution in [3.05, 3.63) is 60.1 Å². The van der Waals surface area contributed by atoms with Gasteiger partial charge in [-0.15, -0.1) is 0 Å². The van der Waals surface area contributed by atoms with Crippen LogP contribution in [0.4, 0.5) is 8.78 Å². The molecule has 0 aliphatic heterocycles. The first kappa shape index (κ1) is 13.7. The third kappa shape index (κ3) is 4.25. The lowest BCUT2D eigenvalue weighted by molar-refractivity contribution is 0.198. The Balaban J connectivity index is 2.54. The van der Waals surface area contributed by atoms with E-state index in [2.05, 4.69) is 11.6 Å². The molecule has 0 amide bonds. The molecule has 0 radical (unpaired) electrons. The summed E-state index contributed by atoms with van der Waals surface area (Å²) in [5, 5.41) is 0. The van der Waals surface area contributed by atoms with E-state index in [1.807, 2.05) is 0 Å². The molecule has 0 unspecified atom stereocenters. The predicted octanol–water partition coefficient (Wildman–Crippen LogP) is 1.94. The number of ether oxygens (including phenoxy) is 1. The predicted molar refractivity (Wildman–Crippen MR) is 65.3 cm³/mol. The van der Waals surface area contributed by atoms with Crippen molar-refractivity contribution >= 4 is 5.84 Å². The maximum Gasteiger partial charge on any atom is 0.208 e. The van der Waals surface area contributed by atoms with Crippen LogP contribution in [0.3, 0.4) is 0 Å². The van der Waals surface area contributed by atoms with Gasteiger partial charge in [0, 0.05) is 6.20 Å². The summed E-state index contributed by atoms with van der Waals surface area (Å²) in [6.07, 6.45) is 0.687.